The number of sulfonamides is 1. The molecule has 0 amide bonds. The van der Waals surface area contributed by atoms with Crippen molar-refractivity contribution in [2.45, 2.75) is 30.6 Å². The Bertz CT molecular complexity index is 564. The van der Waals surface area contributed by atoms with Crippen molar-refractivity contribution in [2.24, 2.45) is 5.92 Å². The molecule has 0 bridgehead atoms. The summed E-state index contributed by atoms with van der Waals surface area (Å²) in [5.41, 5.74) is 6.33. The first-order valence-electron chi connectivity index (χ1n) is 6.86. The summed E-state index contributed by atoms with van der Waals surface area (Å²) in [5.74, 6) is 1.02. The fourth-order valence-corrected chi connectivity index (χ4v) is 3.31. The zero-order valence-corrected chi connectivity index (χ0v) is 12.8. The van der Waals surface area contributed by atoms with Crippen LogP contribution in [0.15, 0.2) is 23.1 Å². The van der Waals surface area contributed by atoms with Crippen molar-refractivity contribution in [3.8, 4) is 5.75 Å². The van der Waals surface area contributed by atoms with E-state index in [-0.39, 0.29) is 4.90 Å². The van der Waals surface area contributed by atoms with Gasteiger partial charge in [-0.25, -0.2) is 12.7 Å². The molecule has 0 heterocycles. The molecule has 1 aliphatic carbocycles. The van der Waals surface area contributed by atoms with Crippen molar-refractivity contribution in [2.75, 3.05) is 26.4 Å². The number of nitrogens with two attached hydrogens (primary N) is 1. The smallest absolute Gasteiger partial charge is 0.242 e. The Hall–Kier alpha value is -1.27. The summed E-state index contributed by atoms with van der Waals surface area (Å²) in [6.07, 6.45) is 4.85. The van der Waals surface area contributed by atoms with Gasteiger partial charge in [-0.1, -0.05) is 12.8 Å². The largest absolute Gasteiger partial charge is 0.491 e. The van der Waals surface area contributed by atoms with Gasteiger partial charge in [-0.3, -0.25) is 0 Å². The van der Waals surface area contributed by atoms with E-state index in [0.717, 1.165) is 0 Å². The van der Waals surface area contributed by atoms with Crippen molar-refractivity contribution in [1.29, 1.82) is 0 Å². The molecule has 1 aliphatic rings. The van der Waals surface area contributed by atoms with E-state index in [1.807, 2.05) is 0 Å². The maximum atomic E-state index is 12.1. The third kappa shape index (κ3) is 3.24. The Balaban J connectivity index is 2.16. The summed E-state index contributed by atoms with van der Waals surface area (Å²) in [4.78, 5) is 0.207. The molecule has 1 aromatic rings. The zero-order chi connectivity index (χ0) is 14.8. The van der Waals surface area contributed by atoms with Gasteiger partial charge in [0.2, 0.25) is 10.0 Å². The zero-order valence-electron chi connectivity index (χ0n) is 12.0. The van der Waals surface area contributed by atoms with Gasteiger partial charge in [0, 0.05) is 20.2 Å². The van der Waals surface area contributed by atoms with E-state index in [4.69, 9.17) is 10.5 Å². The number of ether oxygens (including phenoxy) is 1. The summed E-state index contributed by atoms with van der Waals surface area (Å²) in [5, 5.41) is 0. The van der Waals surface area contributed by atoms with E-state index in [1.165, 1.54) is 56.2 Å². The highest BCUT2D eigenvalue weighted by molar-refractivity contribution is 7.89. The molecule has 6 heteroatoms. The van der Waals surface area contributed by atoms with Gasteiger partial charge in [0.25, 0.3) is 0 Å². The topological polar surface area (TPSA) is 72.6 Å². The number of nitrogen functional groups attached to an aromatic ring is 1. The van der Waals surface area contributed by atoms with Crippen LogP contribution >= 0.6 is 0 Å². The molecule has 0 radical (unpaired) electrons. The molecule has 0 aromatic heterocycles. The van der Waals surface area contributed by atoms with Crippen molar-refractivity contribution < 1.29 is 13.2 Å². The fraction of sp³-hybridized carbons (Fsp3) is 0.571. The molecule has 5 nitrogen and oxygen atoms in total. The summed E-state index contributed by atoms with van der Waals surface area (Å²) in [7, 11) is -0.446. The molecule has 0 saturated heterocycles. The molecule has 1 fully saturated rings. The highest BCUT2D eigenvalue weighted by atomic mass is 32.2. The van der Waals surface area contributed by atoms with Gasteiger partial charge in [0.05, 0.1) is 17.2 Å². The molecule has 2 rings (SSSR count). The van der Waals surface area contributed by atoms with Crippen molar-refractivity contribution in [3.05, 3.63) is 18.2 Å². The summed E-state index contributed by atoms with van der Waals surface area (Å²) in [6.45, 7) is 0.607. The van der Waals surface area contributed by atoms with E-state index in [2.05, 4.69) is 0 Å². The molecule has 2 N–H and O–H groups in total. The maximum Gasteiger partial charge on any atom is 0.242 e. The average Bonchev–Trinajstić information content (AvgIpc) is 2.90. The van der Waals surface area contributed by atoms with Gasteiger partial charge in [-0.05, 0) is 30.9 Å². The van der Waals surface area contributed by atoms with E-state index in [1.54, 1.807) is 6.07 Å². The number of nitrogens with zero attached hydrogens (tertiary/aromatic N) is 1. The monoisotopic (exact) mass is 298 g/mol. The molecule has 0 atom stereocenters. The summed E-state index contributed by atoms with van der Waals surface area (Å²) >= 11 is 0. The molecular weight excluding hydrogens is 276 g/mol. The number of rotatable bonds is 5. The Morgan fingerprint density at radius 2 is 1.95 bits per heavy atom. The fourth-order valence-electron chi connectivity index (χ4n) is 2.40. The summed E-state index contributed by atoms with van der Waals surface area (Å²) in [6, 6.07) is 4.60. The van der Waals surface area contributed by atoms with E-state index in [9.17, 15) is 8.42 Å². The Labute approximate surface area is 120 Å². The van der Waals surface area contributed by atoms with Crippen LogP contribution in [0.2, 0.25) is 0 Å². The third-order valence-corrected chi connectivity index (χ3v) is 5.52. The second-order valence-corrected chi connectivity index (χ2v) is 7.60. The summed E-state index contributed by atoms with van der Waals surface area (Å²) < 4.78 is 31.1. The van der Waals surface area contributed by atoms with Crippen LogP contribution in [0.25, 0.3) is 0 Å². The predicted molar refractivity (Wildman–Crippen MR) is 79.2 cm³/mol. The molecule has 0 aliphatic heterocycles. The standard InChI is InChI=1S/C14H22N2O3S/c1-16(2)20(17,18)12-7-8-13(15)14(9-12)19-10-11-5-3-4-6-11/h7-9,11H,3-6,10,15H2,1-2H3. The molecule has 0 unspecified atom stereocenters. The first-order chi connectivity index (χ1) is 9.41. The van der Waals surface area contributed by atoms with Gasteiger partial charge in [-0.2, -0.15) is 0 Å². The van der Waals surface area contributed by atoms with Crippen LogP contribution in [-0.4, -0.2) is 33.4 Å². The number of anilines is 1. The van der Waals surface area contributed by atoms with Crippen LogP contribution in [0.3, 0.4) is 0 Å². The van der Waals surface area contributed by atoms with Crippen molar-refractivity contribution in [1.82, 2.24) is 4.31 Å². The number of hydrogen-bond acceptors (Lipinski definition) is 4. The molecule has 112 valence electrons. The highest BCUT2D eigenvalue weighted by Gasteiger charge is 2.20. The Morgan fingerprint density at radius 1 is 1.30 bits per heavy atom. The van der Waals surface area contributed by atoms with E-state index in [0.29, 0.717) is 24.0 Å². The highest BCUT2D eigenvalue weighted by Crippen LogP contribution is 2.29. The third-order valence-electron chi connectivity index (χ3n) is 3.71. The maximum absolute atomic E-state index is 12.1. The van der Waals surface area contributed by atoms with Crippen LogP contribution in [0.5, 0.6) is 5.75 Å². The van der Waals surface area contributed by atoms with Crippen LogP contribution in [-0.2, 0) is 10.0 Å². The SMILES string of the molecule is CN(C)S(=O)(=O)c1ccc(N)c(OCC2CCCC2)c1. The van der Waals surface area contributed by atoms with Gasteiger partial charge in [-0.15, -0.1) is 0 Å². The minimum atomic E-state index is -3.46. The second-order valence-electron chi connectivity index (χ2n) is 5.45. The average molecular weight is 298 g/mol. The van der Waals surface area contributed by atoms with Crippen molar-refractivity contribution >= 4 is 15.7 Å². The first-order valence-corrected chi connectivity index (χ1v) is 8.30. The molecule has 0 spiro atoms. The van der Waals surface area contributed by atoms with Crippen LogP contribution in [0, 0.1) is 5.92 Å². The second kappa shape index (κ2) is 6.01. The minimum absolute atomic E-state index is 0.207. The molecule has 1 saturated carbocycles. The van der Waals surface area contributed by atoms with Crippen LogP contribution in [0.1, 0.15) is 25.7 Å². The quantitative estimate of drug-likeness (QED) is 0.845. The lowest BCUT2D eigenvalue weighted by atomic mass is 10.1. The lowest BCUT2D eigenvalue weighted by molar-refractivity contribution is 0.253. The van der Waals surface area contributed by atoms with E-state index >= 15 is 0 Å². The van der Waals surface area contributed by atoms with Crippen molar-refractivity contribution in [3.63, 3.8) is 0 Å². The predicted octanol–water partition coefficient (Wildman–Crippen LogP) is 2.09. The Kier molecular flexibility index (Phi) is 4.55. The van der Waals surface area contributed by atoms with Crippen LogP contribution < -0.4 is 10.5 Å². The molecule has 1 aromatic carbocycles. The first kappa shape index (κ1) is 15.1. The minimum Gasteiger partial charge on any atom is -0.491 e. The lowest BCUT2D eigenvalue weighted by Gasteiger charge is -2.16. The van der Waals surface area contributed by atoms with E-state index < -0.39 is 10.0 Å². The number of benzene rings is 1. The van der Waals surface area contributed by atoms with Gasteiger partial charge in [0.1, 0.15) is 5.75 Å². The molecular formula is C14H22N2O3S. The number of hydrogen-bond donors (Lipinski definition) is 1. The van der Waals surface area contributed by atoms with Gasteiger partial charge >= 0.3 is 0 Å². The molecule has 20 heavy (non-hydrogen) atoms. The van der Waals surface area contributed by atoms with Crippen LogP contribution in [0.4, 0.5) is 5.69 Å². The van der Waals surface area contributed by atoms with Gasteiger partial charge in [0.15, 0.2) is 0 Å². The van der Waals surface area contributed by atoms with Gasteiger partial charge < -0.3 is 10.5 Å². The normalized spacial score (nSPS) is 16.8. The lowest BCUT2D eigenvalue weighted by Crippen LogP contribution is -2.22. The Morgan fingerprint density at radius 3 is 2.55 bits per heavy atom.